The maximum Gasteiger partial charge on any atom is 0.217 e. The Kier molecular flexibility index (Phi) is 3.01. The molecule has 5 heteroatoms. The minimum absolute atomic E-state index is 0.691. The van der Waals surface area contributed by atoms with Crippen molar-refractivity contribution in [1.82, 2.24) is 14.6 Å². The molecule has 0 radical (unpaired) electrons. The number of hydrogen-bond acceptors (Lipinski definition) is 4. The largest absolute Gasteiger partial charge is 0.330 e. The van der Waals surface area contributed by atoms with Gasteiger partial charge in [-0.2, -0.15) is 0 Å². The summed E-state index contributed by atoms with van der Waals surface area (Å²) in [5.41, 5.74) is 8.14. The molecule has 0 saturated carbocycles. The molecule has 0 spiro atoms. The molecule has 0 amide bonds. The predicted molar refractivity (Wildman–Crippen MR) is 75.1 cm³/mol. The van der Waals surface area contributed by atoms with Crippen LogP contribution in [0.3, 0.4) is 0 Å². The lowest BCUT2D eigenvalue weighted by atomic mass is 10.2. The molecule has 2 N–H and O–H groups in total. The zero-order valence-corrected chi connectivity index (χ0v) is 11.2. The van der Waals surface area contributed by atoms with Gasteiger partial charge in [-0.15, -0.1) is 10.2 Å². The lowest BCUT2D eigenvalue weighted by molar-refractivity contribution is 0.775. The minimum Gasteiger partial charge on any atom is -0.330 e. The minimum atomic E-state index is 0.691. The lowest BCUT2D eigenvalue weighted by Crippen LogP contribution is -2.02. The van der Waals surface area contributed by atoms with Crippen molar-refractivity contribution in [2.75, 3.05) is 6.54 Å². The van der Waals surface area contributed by atoms with Crippen LogP contribution in [0.5, 0.6) is 0 Å². The molecule has 2 heterocycles. The molecule has 0 unspecified atom stereocenters. The highest BCUT2D eigenvalue weighted by Gasteiger charge is 2.11. The van der Waals surface area contributed by atoms with Crippen molar-refractivity contribution < 1.29 is 0 Å². The molecule has 0 saturated heterocycles. The van der Waals surface area contributed by atoms with Crippen LogP contribution >= 0.6 is 11.3 Å². The first-order valence-corrected chi connectivity index (χ1v) is 7.10. The van der Waals surface area contributed by atoms with E-state index in [1.54, 1.807) is 11.3 Å². The molecule has 18 heavy (non-hydrogen) atoms. The van der Waals surface area contributed by atoms with Gasteiger partial charge in [-0.05, 0) is 37.1 Å². The number of hydrogen-bond donors (Lipinski definition) is 1. The van der Waals surface area contributed by atoms with E-state index in [0.29, 0.717) is 6.54 Å². The van der Waals surface area contributed by atoms with Crippen LogP contribution in [0, 0.1) is 0 Å². The molecule has 0 fully saturated rings. The van der Waals surface area contributed by atoms with Crippen LogP contribution < -0.4 is 5.73 Å². The number of aryl methyl sites for hydroxylation is 2. The van der Waals surface area contributed by atoms with Crippen LogP contribution in [-0.4, -0.2) is 21.1 Å². The first-order chi connectivity index (χ1) is 8.83. The monoisotopic (exact) mass is 260 g/mol. The van der Waals surface area contributed by atoms with E-state index < -0.39 is 0 Å². The van der Waals surface area contributed by atoms with Gasteiger partial charge >= 0.3 is 0 Å². The van der Waals surface area contributed by atoms with Crippen LogP contribution in [0.15, 0.2) is 18.2 Å². The van der Waals surface area contributed by atoms with Crippen molar-refractivity contribution in [3.63, 3.8) is 0 Å². The van der Waals surface area contributed by atoms with Crippen LogP contribution in [0.4, 0.5) is 0 Å². The van der Waals surface area contributed by atoms with E-state index in [1.807, 2.05) is 0 Å². The Hall–Kier alpha value is -1.46. The SMILES string of the molecule is CCc1ccc2c(c1)sc1nnc(CCCN)n12. The normalized spacial score (nSPS) is 11.7. The first-order valence-electron chi connectivity index (χ1n) is 6.29. The van der Waals surface area contributed by atoms with E-state index in [1.165, 1.54) is 15.8 Å². The van der Waals surface area contributed by atoms with Gasteiger partial charge in [0, 0.05) is 6.42 Å². The van der Waals surface area contributed by atoms with Gasteiger partial charge in [-0.3, -0.25) is 4.40 Å². The summed E-state index contributed by atoms with van der Waals surface area (Å²) in [6, 6.07) is 6.61. The Bertz CT molecular complexity index is 683. The summed E-state index contributed by atoms with van der Waals surface area (Å²) in [7, 11) is 0. The van der Waals surface area contributed by atoms with Crippen LogP contribution in [0.2, 0.25) is 0 Å². The lowest BCUT2D eigenvalue weighted by Gasteiger charge is -1.99. The molecule has 0 aliphatic rings. The third-order valence-electron chi connectivity index (χ3n) is 3.18. The molecule has 94 valence electrons. The molecule has 0 atom stereocenters. The summed E-state index contributed by atoms with van der Waals surface area (Å²) in [6.07, 6.45) is 2.90. The van der Waals surface area contributed by atoms with E-state index in [9.17, 15) is 0 Å². The predicted octanol–water partition coefficient (Wildman–Crippen LogP) is 2.40. The van der Waals surface area contributed by atoms with Crippen molar-refractivity contribution in [3.8, 4) is 0 Å². The van der Waals surface area contributed by atoms with Gasteiger partial charge < -0.3 is 5.73 Å². The fourth-order valence-corrected chi connectivity index (χ4v) is 3.22. The highest BCUT2D eigenvalue weighted by atomic mass is 32.1. The molecular formula is C13H16N4S. The van der Waals surface area contributed by atoms with E-state index in [2.05, 4.69) is 39.7 Å². The van der Waals surface area contributed by atoms with Gasteiger partial charge in [0.25, 0.3) is 0 Å². The van der Waals surface area contributed by atoms with Gasteiger partial charge in [-0.25, -0.2) is 0 Å². The van der Waals surface area contributed by atoms with Crippen molar-refractivity contribution >= 4 is 26.5 Å². The Morgan fingerprint density at radius 2 is 2.22 bits per heavy atom. The topological polar surface area (TPSA) is 56.2 Å². The summed E-state index contributed by atoms with van der Waals surface area (Å²) in [5.74, 6) is 1.02. The summed E-state index contributed by atoms with van der Waals surface area (Å²) in [6.45, 7) is 2.87. The average molecular weight is 260 g/mol. The second-order valence-electron chi connectivity index (χ2n) is 4.38. The third kappa shape index (κ3) is 1.79. The zero-order chi connectivity index (χ0) is 12.5. The molecule has 0 bridgehead atoms. The third-order valence-corrected chi connectivity index (χ3v) is 4.17. The second-order valence-corrected chi connectivity index (χ2v) is 5.39. The highest BCUT2D eigenvalue weighted by molar-refractivity contribution is 7.23. The van der Waals surface area contributed by atoms with Gasteiger partial charge in [0.15, 0.2) is 0 Å². The van der Waals surface area contributed by atoms with Crippen molar-refractivity contribution in [2.24, 2.45) is 5.73 Å². The number of benzene rings is 1. The van der Waals surface area contributed by atoms with Crippen molar-refractivity contribution in [1.29, 1.82) is 0 Å². The first kappa shape index (κ1) is 11.6. The van der Waals surface area contributed by atoms with E-state index >= 15 is 0 Å². The molecular weight excluding hydrogens is 244 g/mol. The van der Waals surface area contributed by atoms with Gasteiger partial charge in [0.1, 0.15) is 5.82 Å². The molecule has 3 aromatic rings. The molecule has 2 aromatic heterocycles. The van der Waals surface area contributed by atoms with Gasteiger partial charge in [-0.1, -0.05) is 24.3 Å². The van der Waals surface area contributed by atoms with Crippen LogP contribution in [-0.2, 0) is 12.8 Å². The fourth-order valence-electron chi connectivity index (χ4n) is 2.17. The summed E-state index contributed by atoms with van der Waals surface area (Å²) in [4.78, 5) is 0.977. The Morgan fingerprint density at radius 3 is 3.00 bits per heavy atom. The number of fused-ring (bicyclic) bond motifs is 3. The molecule has 0 aliphatic carbocycles. The number of rotatable bonds is 4. The second kappa shape index (κ2) is 4.66. The van der Waals surface area contributed by atoms with Gasteiger partial charge in [0.2, 0.25) is 4.96 Å². The maximum absolute atomic E-state index is 5.56. The number of aromatic nitrogens is 3. The number of nitrogens with two attached hydrogens (primary N) is 1. The number of thiazole rings is 1. The Morgan fingerprint density at radius 1 is 1.33 bits per heavy atom. The maximum atomic E-state index is 5.56. The fraction of sp³-hybridized carbons (Fsp3) is 0.385. The van der Waals surface area contributed by atoms with Gasteiger partial charge in [0.05, 0.1) is 10.2 Å². The van der Waals surface area contributed by atoms with Crippen LogP contribution in [0.25, 0.3) is 15.2 Å². The van der Waals surface area contributed by atoms with Crippen molar-refractivity contribution in [3.05, 3.63) is 29.6 Å². The summed E-state index contributed by atoms with van der Waals surface area (Å²) in [5, 5.41) is 8.51. The highest BCUT2D eigenvalue weighted by Crippen LogP contribution is 2.27. The molecule has 0 aliphatic heterocycles. The van der Waals surface area contributed by atoms with Crippen molar-refractivity contribution in [2.45, 2.75) is 26.2 Å². The molecule has 3 rings (SSSR count). The van der Waals surface area contributed by atoms with E-state index in [4.69, 9.17) is 5.73 Å². The van der Waals surface area contributed by atoms with Crippen LogP contribution in [0.1, 0.15) is 24.7 Å². The van der Waals surface area contributed by atoms with E-state index in [-0.39, 0.29) is 0 Å². The molecule has 1 aromatic carbocycles. The average Bonchev–Trinajstić information content (AvgIpc) is 2.94. The summed E-state index contributed by atoms with van der Waals surface area (Å²) >= 11 is 1.70. The smallest absolute Gasteiger partial charge is 0.217 e. The summed E-state index contributed by atoms with van der Waals surface area (Å²) < 4.78 is 3.45. The standard InChI is InChI=1S/C13H16N4S/c1-2-9-5-6-10-11(8-9)18-13-16-15-12(17(10)13)4-3-7-14/h5-6,8H,2-4,7,14H2,1H3. The number of nitrogens with zero attached hydrogens (tertiary/aromatic N) is 3. The Balaban J connectivity index is 2.17. The zero-order valence-electron chi connectivity index (χ0n) is 10.4. The Labute approximate surface area is 109 Å². The quantitative estimate of drug-likeness (QED) is 0.783. The molecule has 4 nitrogen and oxygen atoms in total. The van der Waals surface area contributed by atoms with E-state index in [0.717, 1.165) is 30.0 Å².